The van der Waals surface area contributed by atoms with Crippen LogP contribution in [0.4, 0.5) is 0 Å². The van der Waals surface area contributed by atoms with Crippen molar-refractivity contribution in [2.75, 3.05) is 6.54 Å². The summed E-state index contributed by atoms with van der Waals surface area (Å²) in [5, 5.41) is 13.6. The highest BCUT2D eigenvalue weighted by Crippen LogP contribution is 2.29. The Hall–Kier alpha value is -0.0800. The van der Waals surface area contributed by atoms with Crippen LogP contribution in [0.1, 0.15) is 51.4 Å². The standard InChI is InChI=1S/C12H23NO/c14-12(9-11-7-4-8-13-11)10-5-2-1-3-6-10/h10-14H,1-9H2. The number of aliphatic hydroxyl groups is 1. The molecular weight excluding hydrogens is 174 g/mol. The van der Waals surface area contributed by atoms with Gasteiger partial charge in [-0.15, -0.1) is 0 Å². The molecule has 2 heteroatoms. The quantitative estimate of drug-likeness (QED) is 0.726. The second-order valence-corrected chi connectivity index (χ2v) is 4.99. The van der Waals surface area contributed by atoms with Crippen molar-refractivity contribution < 1.29 is 5.11 Å². The van der Waals surface area contributed by atoms with E-state index in [0.717, 1.165) is 13.0 Å². The number of rotatable bonds is 3. The molecule has 14 heavy (non-hydrogen) atoms. The van der Waals surface area contributed by atoms with Crippen molar-refractivity contribution in [2.24, 2.45) is 5.92 Å². The predicted molar refractivity (Wildman–Crippen MR) is 58.2 cm³/mol. The van der Waals surface area contributed by atoms with Gasteiger partial charge in [-0.2, -0.15) is 0 Å². The maximum Gasteiger partial charge on any atom is 0.0583 e. The van der Waals surface area contributed by atoms with E-state index in [1.54, 1.807) is 0 Å². The Balaban J connectivity index is 1.72. The minimum atomic E-state index is -0.0362. The van der Waals surface area contributed by atoms with Crippen LogP contribution in [0.3, 0.4) is 0 Å². The fourth-order valence-corrected chi connectivity index (χ4v) is 2.96. The van der Waals surface area contributed by atoms with Gasteiger partial charge in [0.1, 0.15) is 0 Å². The van der Waals surface area contributed by atoms with Crippen LogP contribution in [0.2, 0.25) is 0 Å². The lowest BCUT2D eigenvalue weighted by Crippen LogP contribution is -2.31. The Morgan fingerprint density at radius 3 is 2.50 bits per heavy atom. The third-order valence-corrected chi connectivity index (χ3v) is 3.88. The third-order valence-electron chi connectivity index (χ3n) is 3.88. The van der Waals surface area contributed by atoms with Gasteiger partial charge in [0.05, 0.1) is 6.10 Å². The van der Waals surface area contributed by atoms with Crippen molar-refractivity contribution in [1.82, 2.24) is 5.32 Å². The van der Waals surface area contributed by atoms with Crippen LogP contribution < -0.4 is 5.32 Å². The third kappa shape index (κ3) is 2.71. The van der Waals surface area contributed by atoms with Crippen LogP contribution in [-0.4, -0.2) is 23.8 Å². The van der Waals surface area contributed by atoms with Gasteiger partial charge < -0.3 is 10.4 Å². The Bertz CT molecular complexity index is 160. The molecule has 1 aliphatic heterocycles. The maximum atomic E-state index is 10.1. The first kappa shape index (κ1) is 10.4. The molecule has 1 aliphatic carbocycles. The molecule has 2 unspecified atom stereocenters. The zero-order valence-corrected chi connectivity index (χ0v) is 9.04. The van der Waals surface area contributed by atoms with E-state index in [-0.39, 0.29) is 6.10 Å². The number of aliphatic hydroxyl groups excluding tert-OH is 1. The van der Waals surface area contributed by atoms with Crippen LogP contribution in [0.15, 0.2) is 0 Å². The number of hydrogen-bond acceptors (Lipinski definition) is 2. The summed E-state index contributed by atoms with van der Waals surface area (Å²) in [6.45, 7) is 1.15. The molecule has 0 aromatic heterocycles. The van der Waals surface area contributed by atoms with Gasteiger partial charge in [-0.3, -0.25) is 0 Å². The van der Waals surface area contributed by atoms with Crippen molar-refractivity contribution >= 4 is 0 Å². The largest absolute Gasteiger partial charge is 0.393 e. The summed E-state index contributed by atoms with van der Waals surface area (Å²) in [4.78, 5) is 0. The summed E-state index contributed by atoms with van der Waals surface area (Å²) in [6.07, 6.45) is 10.1. The van der Waals surface area contributed by atoms with E-state index < -0.39 is 0 Å². The van der Waals surface area contributed by atoms with Gasteiger partial charge in [0, 0.05) is 6.04 Å². The molecule has 2 atom stereocenters. The summed E-state index contributed by atoms with van der Waals surface area (Å²) in [6, 6.07) is 0.604. The van der Waals surface area contributed by atoms with E-state index in [0.29, 0.717) is 12.0 Å². The first-order chi connectivity index (χ1) is 6.86. The van der Waals surface area contributed by atoms with Crippen LogP contribution in [0.5, 0.6) is 0 Å². The van der Waals surface area contributed by atoms with Gasteiger partial charge in [-0.1, -0.05) is 19.3 Å². The molecule has 82 valence electrons. The lowest BCUT2D eigenvalue weighted by atomic mass is 9.83. The van der Waals surface area contributed by atoms with E-state index >= 15 is 0 Å². The molecule has 0 aromatic carbocycles. The molecule has 2 N–H and O–H groups in total. The lowest BCUT2D eigenvalue weighted by Gasteiger charge is -2.28. The first-order valence-electron chi connectivity index (χ1n) is 6.28. The molecule has 1 heterocycles. The maximum absolute atomic E-state index is 10.1. The molecule has 1 saturated heterocycles. The van der Waals surface area contributed by atoms with Gasteiger partial charge in [0.25, 0.3) is 0 Å². The minimum absolute atomic E-state index is 0.0362. The smallest absolute Gasteiger partial charge is 0.0583 e. The van der Waals surface area contributed by atoms with Crippen LogP contribution in [-0.2, 0) is 0 Å². The lowest BCUT2D eigenvalue weighted by molar-refractivity contribution is 0.0694. The highest BCUT2D eigenvalue weighted by molar-refractivity contribution is 4.81. The normalized spacial score (nSPS) is 31.9. The molecule has 0 spiro atoms. The molecule has 1 saturated carbocycles. The van der Waals surface area contributed by atoms with E-state index in [2.05, 4.69) is 5.32 Å². The minimum Gasteiger partial charge on any atom is -0.393 e. The van der Waals surface area contributed by atoms with Gasteiger partial charge in [-0.25, -0.2) is 0 Å². The van der Waals surface area contributed by atoms with E-state index in [1.807, 2.05) is 0 Å². The van der Waals surface area contributed by atoms with Gasteiger partial charge in [0.15, 0.2) is 0 Å². The van der Waals surface area contributed by atoms with E-state index in [1.165, 1.54) is 44.9 Å². The average Bonchev–Trinajstić information content (AvgIpc) is 2.72. The molecular formula is C12H23NO. The zero-order valence-electron chi connectivity index (χ0n) is 9.04. The van der Waals surface area contributed by atoms with Crippen molar-refractivity contribution in [2.45, 2.75) is 63.5 Å². The number of hydrogen-bond donors (Lipinski definition) is 2. The molecule has 2 fully saturated rings. The molecule has 0 amide bonds. The molecule has 0 aromatic rings. The second kappa shape index (κ2) is 5.13. The van der Waals surface area contributed by atoms with Gasteiger partial charge in [0.2, 0.25) is 0 Å². The fourth-order valence-electron chi connectivity index (χ4n) is 2.96. The van der Waals surface area contributed by atoms with Crippen molar-refractivity contribution in [3.05, 3.63) is 0 Å². The van der Waals surface area contributed by atoms with Crippen molar-refractivity contribution in [1.29, 1.82) is 0 Å². The fraction of sp³-hybridized carbons (Fsp3) is 1.00. The summed E-state index contributed by atoms with van der Waals surface area (Å²) >= 11 is 0. The molecule has 2 aliphatic rings. The molecule has 0 radical (unpaired) electrons. The van der Waals surface area contributed by atoms with Crippen molar-refractivity contribution in [3.8, 4) is 0 Å². The average molecular weight is 197 g/mol. The predicted octanol–water partition coefficient (Wildman–Crippen LogP) is 2.07. The SMILES string of the molecule is OC(CC1CCCN1)C1CCCCC1. The Morgan fingerprint density at radius 1 is 1.07 bits per heavy atom. The summed E-state index contributed by atoms with van der Waals surface area (Å²) in [7, 11) is 0. The topological polar surface area (TPSA) is 32.3 Å². The van der Waals surface area contributed by atoms with Crippen molar-refractivity contribution in [3.63, 3.8) is 0 Å². The zero-order chi connectivity index (χ0) is 9.80. The monoisotopic (exact) mass is 197 g/mol. The first-order valence-corrected chi connectivity index (χ1v) is 6.28. The van der Waals surface area contributed by atoms with Crippen LogP contribution in [0, 0.1) is 5.92 Å². The summed E-state index contributed by atoms with van der Waals surface area (Å²) in [5.74, 6) is 0.603. The molecule has 0 bridgehead atoms. The number of nitrogens with one attached hydrogen (secondary N) is 1. The van der Waals surface area contributed by atoms with E-state index in [4.69, 9.17) is 0 Å². The second-order valence-electron chi connectivity index (χ2n) is 4.99. The Labute approximate surface area is 87.1 Å². The molecule has 2 nitrogen and oxygen atoms in total. The van der Waals surface area contributed by atoms with Crippen LogP contribution >= 0.6 is 0 Å². The van der Waals surface area contributed by atoms with Gasteiger partial charge in [-0.05, 0) is 44.6 Å². The van der Waals surface area contributed by atoms with E-state index in [9.17, 15) is 5.11 Å². The summed E-state index contributed by atoms with van der Waals surface area (Å²) in [5.41, 5.74) is 0. The highest BCUT2D eigenvalue weighted by Gasteiger charge is 2.25. The molecule has 2 rings (SSSR count). The van der Waals surface area contributed by atoms with Gasteiger partial charge >= 0.3 is 0 Å². The van der Waals surface area contributed by atoms with Crippen LogP contribution in [0.25, 0.3) is 0 Å². The Morgan fingerprint density at radius 2 is 1.86 bits per heavy atom. The Kier molecular flexibility index (Phi) is 3.82. The summed E-state index contributed by atoms with van der Waals surface area (Å²) < 4.78 is 0. The highest BCUT2D eigenvalue weighted by atomic mass is 16.3.